The molecule has 1 aromatic carbocycles. The van der Waals surface area contributed by atoms with Gasteiger partial charge in [-0.15, -0.1) is 0 Å². The topological polar surface area (TPSA) is 51.0 Å². The van der Waals surface area contributed by atoms with Crippen LogP contribution >= 0.6 is 0 Å². The average Bonchev–Trinajstić information content (AvgIpc) is 2.97. The average molecular weight is 229 g/mol. The lowest BCUT2D eigenvalue weighted by Gasteiger charge is -2.05. The van der Waals surface area contributed by atoms with Crippen molar-refractivity contribution in [1.29, 1.82) is 0 Å². The molecule has 0 amide bonds. The number of hydrogen-bond acceptors (Lipinski definition) is 4. The third-order valence-corrected chi connectivity index (χ3v) is 3.19. The van der Waals surface area contributed by atoms with Gasteiger partial charge in [-0.25, -0.2) is 0 Å². The first-order valence-corrected chi connectivity index (χ1v) is 6.01. The Kier molecular flexibility index (Phi) is 2.55. The van der Waals surface area contributed by atoms with Crippen LogP contribution in [-0.4, -0.2) is 16.7 Å². The molecule has 1 aromatic heterocycles. The molecule has 1 N–H and O–H groups in total. The van der Waals surface area contributed by atoms with Gasteiger partial charge in [0.2, 0.25) is 5.89 Å². The van der Waals surface area contributed by atoms with E-state index < -0.39 is 0 Å². The Bertz CT molecular complexity index is 521. The first-order chi connectivity index (χ1) is 8.36. The van der Waals surface area contributed by atoms with Crippen molar-refractivity contribution in [3.05, 3.63) is 41.5 Å². The van der Waals surface area contributed by atoms with Gasteiger partial charge >= 0.3 is 0 Å². The standard InChI is InChI=1S/C13H15N3O/c1-2-12-15-13(17-16-12)7-9-8-14-11-6-4-3-5-10(9)11/h3-6,9,14H,2,7-8H2,1H3. The maximum Gasteiger partial charge on any atom is 0.227 e. The summed E-state index contributed by atoms with van der Waals surface area (Å²) >= 11 is 0. The number of rotatable bonds is 3. The van der Waals surface area contributed by atoms with Gasteiger partial charge < -0.3 is 9.84 Å². The van der Waals surface area contributed by atoms with Gasteiger partial charge in [0, 0.05) is 31.0 Å². The number of nitrogens with zero attached hydrogens (tertiary/aromatic N) is 2. The van der Waals surface area contributed by atoms with Crippen molar-refractivity contribution in [2.45, 2.75) is 25.7 Å². The fourth-order valence-electron chi connectivity index (χ4n) is 2.27. The number of aromatic nitrogens is 2. The molecule has 1 atom stereocenters. The van der Waals surface area contributed by atoms with Gasteiger partial charge in [-0.1, -0.05) is 30.3 Å². The van der Waals surface area contributed by atoms with E-state index in [0.717, 1.165) is 31.1 Å². The molecule has 4 heteroatoms. The number of benzene rings is 1. The van der Waals surface area contributed by atoms with E-state index in [-0.39, 0.29) is 0 Å². The third-order valence-electron chi connectivity index (χ3n) is 3.19. The molecule has 4 nitrogen and oxygen atoms in total. The lowest BCUT2D eigenvalue weighted by Crippen LogP contribution is -2.05. The highest BCUT2D eigenvalue weighted by atomic mass is 16.5. The molecule has 1 unspecified atom stereocenters. The van der Waals surface area contributed by atoms with Gasteiger partial charge in [0.25, 0.3) is 0 Å². The lowest BCUT2D eigenvalue weighted by atomic mass is 9.98. The third kappa shape index (κ3) is 1.90. The zero-order valence-corrected chi connectivity index (χ0v) is 9.81. The van der Waals surface area contributed by atoms with Crippen molar-refractivity contribution in [1.82, 2.24) is 10.1 Å². The molecule has 0 fully saturated rings. The zero-order valence-electron chi connectivity index (χ0n) is 9.81. The zero-order chi connectivity index (χ0) is 11.7. The molecule has 0 aliphatic carbocycles. The van der Waals surface area contributed by atoms with Gasteiger partial charge in [-0.05, 0) is 11.6 Å². The van der Waals surface area contributed by atoms with Gasteiger partial charge in [0.15, 0.2) is 5.82 Å². The number of nitrogens with one attached hydrogen (secondary N) is 1. The fraction of sp³-hybridized carbons (Fsp3) is 0.385. The Balaban J connectivity index is 1.79. The minimum atomic E-state index is 0.441. The van der Waals surface area contributed by atoms with Crippen LogP contribution in [0.2, 0.25) is 0 Å². The summed E-state index contributed by atoms with van der Waals surface area (Å²) in [6.45, 7) is 2.98. The predicted octanol–water partition coefficient (Wildman–Crippen LogP) is 2.38. The summed E-state index contributed by atoms with van der Waals surface area (Å²) in [6, 6.07) is 8.40. The number of hydrogen-bond donors (Lipinski definition) is 1. The Hall–Kier alpha value is -1.84. The lowest BCUT2D eigenvalue weighted by molar-refractivity contribution is 0.367. The Morgan fingerprint density at radius 3 is 3.12 bits per heavy atom. The summed E-state index contributed by atoms with van der Waals surface area (Å²) in [7, 11) is 0. The Morgan fingerprint density at radius 1 is 1.41 bits per heavy atom. The quantitative estimate of drug-likeness (QED) is 0.878. The monoisotopic (exact) mass is 229 g/mol. The van der Waals surface area contributed by atoms with Crippen molar-refractivity contribution in [2.75, 3.05) is 11.9 Å². The molecule has 0 radical (unpaired) electrons. The van der Waals surface area contributed by atoms with Crippen LogP contribution in [0, 0.1) is 0 Å². The van der Waals surface area contributed by atoms with Crippen LogP contribution in [0.25, 0.3) is 0 Å². The van der Waals surface area contributed by atoms with Crippen LogP contribution in [0.3, 0.4) is 0 Å². The molecular formula is C13H15N3O. The van der Waals surface area contributed by atoms with E-state index in [0.29, 0.717) is 5.92 Å². The second kappa shape index (κ2) is 4.20. The second-order valence-electron chi connectivity index (χ2n) is 4.33. The van der Waals surface area contributed by atoms with E-state index in [2.05, 4.69) is 39.7 Å². The highest BCUT2D eigenvalue weighted by Crippen LogP contribution is 2.32. The van der Waals surface area contributed by atoms with Crippen molar-refractivity contribution < 1.29 is 4.52 Å². The van der Waals surface area contributed by atoms with E-state index in [1.807, 2.05) is 6.92 Å². The normalized spacial score (nSPS) is 17.8. The van der Waals surface area contributed by atoms with Gasteiger partial charge in [-0.2, -0.15) is 4.98 Å². The van der Waals surface area contributed by atoms with E-state index in [1.54, 1.807) is 0 Å². The summed E-state index contributed by atoms with van der Waals surface area (Å²) in [5.41, 5.74) is 2.58. The number of para-hydroxylation sites is 1. The van der Waals surface area contributed by atoms with Crippen molar-refractivity contribution in [3.63, 3.8) is 0 Å². The molecule has 2 aromatic rings. The maximum atomic E-state index is 5.24. The van der Waals surface area contributed by atoms with Gasteiger partial charge in [-0.3, -0.25) is 0 Å². The van der Waals surface area contributed by atoms with Crippen LogP contribution < -0.4 is 5.32 Å². The molecule has 3 rings (SSSR count). The summed E-state index contributed by atoms with van der Waals surface area (Å²) in [5, 5.41) is 7.33. The van der Waals surface area contributed by atoms with Gasteiger partial charge in [0.05, 0.1) is 0 Å². The largest absolute Gasteiger partial charge is 0.384 e. The number of fused-ring (bicyclic) bond motifs is 1. The molecule has 0 saturated heterocycles. The highest BCUT2D eigenvalue weighted by molar-refractivity contribution is 5.57. The Labute approximate surface area is 100 Å². The number of anilines is 1. The second-order valence-corrected chi connectivity index (χ2v) is 4.33. The van der Waals surface area contributed by atoms with E-state index >= 15 is 0 Å². The van der Waals surface area contributed by atoms with Crippen LogP contribution in [0.4, 0.5) is 5.69 Å². The van der Waals surface area contributed by atoms with Crippen LogP contribution in [-0.2, 0) is 12.8 Å². The Morgan fingerprint density at radius 2 is 2.29 bits per heavy atom. The highest BCUT2D eigenvalue weighted by Gasteiger charge is 2.23. The molecule has 17 heavy (non-hydrogen) atoms. The minimum absolute atomic E-state index is 0.441. The molecule has 2 heterocycles. The molecule has 1 aliphatic heterocycles. The van der Waals surface area contributed by atoms with Crippen molar-refractivity contribution in [3.8, 4) is 0 Å². The van der Waals surface area contributed by atoms with E-state index in [4.69, 9.17) is 4.52 Å². The number of aryl methyl sites for hydroxylation is 1. The fourth-order valence-corrected chi connectivity index (χ4v) is 2.27. The molecule has 0 spiro atoms. The summed E-state index contributed by atoms with van der Waals surface area (Å²) in [4.78, 5) is 4.36. The van der Waals surface area contributed by atoms with Crippen molar-refractivity contribution >= 4 is 5.69 Å². The minimum Gasteiger partial charge on any atom is -0.384 e. The molecule has 1 aliphatic rings. The molecule has 0 bridgehead atoms. The first-order valence-electron chi connectivity index (χ1n) is 6.01. The summed E-state index contributed by atoms with van der Waals surface area (Å²) in [5.74, 6) is 1.97. The summed E-state index contributed by atoms with van der Waals surface area (Å²) < 4.78 is 5.24. The van der Waals surface area contributed by atoms with E-state index in [9.17, 15) is 0 Å². The van der Waals surface area contributed by atoms with E-state index in [1.165, 1.54) is 11.3 Å². The predicted molar refractivity (Wildman–Crippen MR) is 65.1 cm³/mol. The summed E-state index contributed by atoms with van der Waals surface area (Å²) in [6.07, 6.45) is 1.64. The first kappa shape index (κ1) is 10.3. The van der Waals surface area contributed by atoms with Crippen LogP contribution in [0.15, 0.2) is 28.8 Å². The molecule has 0 saturated carbocycles. The van der Waals surface area contributed by atoms with Crippen molar-refractivity contribution in [2.24, 2.45) is 0 Å². The smallest absolute Gasteiger partial charge is 0.227 e. The molecule has 88 valence electrons. The van der Waals surface area contributed by atoms with Crippen LogP contribution in [0.5, 0.6) is 0 Å². The SMILES string of the molecule is CCc1noc(CC2CNc3ccccc32)n1. The van der Waals surface area contributed by atoms with Crippen LogP contribution in [0.1, 0.15) is 30.1 Å². The maximum absolute atomic E-state index is 5.24. The van der Waals surface area contributed by atoms with Gasteiger partial charge in [0.1, 0.15) is 0 Å². The molecular weight excluding hydrogens is 214 g/mol.